The molecule has 114 valence electrons. The molecule has 20 heavy (non-hydrogen) atoms. The van der Waals surface area contributed by atoms with Crippen LogP contribution in [0.4, 0.5) is 4.79 Å². The van der Waals surface area contributed by atoms with Gasteiger partial charge in [0.1, 0.15) is 5.54 Å². The van der Waals surface area contributed by atoms with Crippen LogP contribution in [-0.2, 0) is 14.6 Å². The third kappa shape index (κ3) is 2.95. The van der Waals surface area contributed by atoms with Gasteiger partial charge in [-0.05, 0) is 32.4 Å². The van der Waals surface area contributed by atoms with Crippen LogP contribution in [0.2, 0.25) is 0 Å². The molecule has 0 bridgehead atoms. The molecular weight excluding hydrogens is 282 g/mol. The van der Waals surface area contributed by atoms with Crippen LogP contribution in [0.15, 0.2) is 0 Å². The SMILES string of the molecule is CCCS(=O)(=O)CCN1C(=O)NC2(CCNCC2)C1=O. The highest BCUT2D eigenvalue weighted by Gasteiger charge is 2.51. The molecule has 2 N–H and O–H groups in total. The molecule has 0 radical (unpaired) electrons. The molecule has 0 unspecified atom stereocenters. The molecule has 2 rings (SSSR count). The van der Waals surface area contributed by atoms with Crippen LogP contribution in [0, 0.1) is 0 Å². The highest BCUT2D eigenvalue weighted by Crippen LogP contribution is 2.26. The van der Waals surface area contributed by atoms with Crippen molar-refractivity contribution in [1.82, 2.24) is 15.5 Å². The van der Waals surface area contributed by atoms with Crippen molar-refractivity contribution in [3.8, 4) is 0 Å². The zero-order valence-electron chi connectivity index (χ0n) is 11.6. The fourth-order valence-electron chi connectivity index (χ4n) is 2.72. The molecule has 2 aliphatic heterocycles. The summed E-state index contributed by atoms with van der Waals surface area (Å²) in [5, 5.41) is 5.88. The Labute approximate surface area is 119 Å². The molecule has 7 nitrogen and oxygen atoms in total. The number of carbonyl (C=O) groups excluding carboxylic acids is 2. The van der Waals surface area contributed by atoms with Crippen LogP contribution >= 0.6 is 0 Å². The van der Waals surface area contributed by atoms with E-state index in [0.29, 0.717) is 32.4 Å². The summed E-state index contributed by atoms with van der Waals surface area (Å²) < 4.78 is 23.4. The second-order valence-electron chi connectivity index (χ2n) is 5.37. The molecule has 1 spiro atoms. The number of nitrogens with one attached hydrogen (secondary N) is 2. The van der Waals surface area contributed by atoms with Crippen molar-refractivity contribution < 1.29 is 18.0 Å². The number of amides is 3. The average molecular weight is 303 g/mol. The highest BCUT2D eigenvalue weighted by molar-refractivity contribution is 7.91. The van der Waals surface area contributed by atoms with Gasteiger partial charge in [0.05, 0.1) is 5.75 Å². The van der Waals surface area contributed by atoms with Gasteiger partial charge in [0, 0.05) is 12.3 Å². The normalized spacial score (nSPS) is 22.4. The van der Waals surface area contributed by atoms with Gasteiger partial charge < -0.3 is 10.6 Å². The summed E-state index contributed by atoms with van der Waals surface area (Å²) in [7, 11) is -3.19. The van der Waals surface area contributed by atoms with E-state index < -0.39 is 21.4 Å². The van der Waals surface area contributed by atoms with Crippen molar-refractivity contribution in [3.05, 3.63) is 0 Å². The van der Waals surface area contributed by atoms with Gasteiger partial charge in [-0.1, -0.05) is 6.92 Å². The largest absolute Gasteiger partial charge is 0.325 e. The van der Waals surface area contributed by atoms with Crippen LogP contribution < -0.4 is 10.6 Å². The zero-order valence-corrected chi connectivity index (χ0v) is 12.5. The van der Waals surface area contributed by atoms with E-state index in [2.05, 4.69) is 10.6 Å². The molecule has 0 atom stereocenters. The number of carbonyl (C=O) groups is 2. The van der Waals surface area contributed by atoms with Gasteiger partial charge in [0.15, 0.2) is 9.84 Å². The molecule has 2 saturated heterocycles. The smallest absolute Gasteiger partial charge is 0.323 e. The minimum Gasteiger partial charge on any atom is -0.323 e. The van der Waals surface area contributed by atoms with E-state index in [9.17, 15) is 18.0 Å². The molecule has 0 saturated carbocycles. The van der Waals surface area contributed by atoms with Gasteiger partial charge in [-0.2, -0.15) is 0 Å². The number of nitrogens with zero attached hydrogens (tertiary/aromatic N) is 1. The monoisotopic (exact) mass is 303 g/mol. The molecular formula is C12H21N3O4S. The van der Waals surface area contributed by atoms with Crippen molar-refractivity contribution in [2.24, 2.45) is 0 Å². The Morgan fingerprint density at radius 1 is 1.20 bits per heavy atom. The summed E-state index contributed by atoms with van der Waals surface area (Å²) in [4.78, 5) is 25.4. The lowest BCUT2D eigenvalue weighted by Crippen LogP contribution is -2.54. The number of rotatable bonds is 5. The molecule has 0 aromatic carbocycles. The number of sulfone groups is 1. The Bertz CT molecular complexity index is 497. The van der Waals surface area contributed by atoms with E-state index in [1.807, 2.05) is 0 Å². The lowest BCUT2D eigenvalue weighted by molar-refractivity contribution is -0.132. The Morgan fingerprint density at radius 3 is 2.45 bits per heavy atom. The van der Waals surface area contributed by atoms with Gasteiger partial charge in [0.2, 0.25) is 0 Å². The summed E-state index contributed by atoms with van der Waals surface area (Å²) in [6.45, 7) is 3.08. The van der Waals surface area contributed by atoms with Crippen molar-refractivity contribution in [1.29, 1.82) is 0 Å². The van der Waals surface area contributed by atoms with Gasteiger partial charge >= 0.3 is 6.03 Å². The second kappa shape index (κ2) is 5.69. The third-order valence-electron chi connectivity index (χ3n) is 3.84. The first-order valence-electron chi connectivity index (χ1n) is 6.95. The van der Waals surface area contributed by atoms with Crippen molar-refractivity contribution in [3.63, 3.8) is 0 Å². The standard InChI is InChI=1S/C12H21N3O4S/c1-2-8-20(18,19)9-7-15-10(16)12(14-11(15)17)3-5-13-6-4-12/h13H,2-9H2,1H3,(H,14,17). The van der Waals surface area contributed by atoms with Crippen molar-refractivity contribution in [2.75, 3.05) is 31.1 Å². The zero-order chi connectivity index (χ0) is 14.8. The van der Waals surface area contributed by atoms with Crippen LogP contribution in [0.25, 0.3) is 0 Å². The second-order valence-corrected chi connectivity index (χ2v) is 7.67. The summed E-state index contributed by atoms with van der Waals surface area (Å²) in [6.07, 6.45) is 1.64. The Balaban J connectivity index is 2.02. The first-order chi connectivity index (χ1) is 9.40. The minimum absolute atomic E-state index is 0.0534. The van der Waals surface area contributed by atoms with E-state index in [1.54, 1.807) is 6.92 Å². The summed E-state index contributed by atoms with van der Waals surface area (Å²) in [5.74, 6) is -0.351. The predicted molar refractivity (Wildman–Crippen MR) is 74.0 cm³/mol. The van der Waals surface area contributed by atoms with E-state index in [0.717, 1.165) is 4.90 Å². The number of urea groups is 1. The predicted octanol–water partition coefficient (Wildman–Crippen LogP) is -0.515. The van der Waals surface area contributed by atoms with Gasteiger partial charge in [0.25, 0.3) is 5.91 Å². The van der Waals surface area contributed by atoms with E-state index in [-0.39, 0.29) is 24.0 Å². The van der Waals surface area contributed by atoms with Gasteiger partial charge in [-0.25, -0.2) is 13.2 Å². The van der Waals surface area contributed by atoms with E-state index >= 15 is 0 Å². The van der Waals surface area contributed by atoms with Crippen molar-refractivity contribution >= 4 is 21.8 Å². The molecule has 2 heterocycles. The van der Waals surface area contributed by atoms with Gasteiger partial charge in [-0.3, -0.25) is 9.69 Å². The molecule has 8 heteroatoms. The lowest BCUT2D eigenvalue weighted by atomic mass is 9.88. The quantitative estimate of drug-likeness (QED) is 0.667. The minimum atomic E-state index is -3.19. The highest BCUT2D eigenvalue weighted by atomic mass is 32.2. The molecule has 3 amide bonds. The topological polar surface area (TPSA) is 95.6 Å². The Hall–Kier alpha value is -1.15. The Kier molecular flexibility index (Phi) is 4.33. The Morgan fingerprint density at radius 2 is 1.85 bits per heavy atom. The number of hydrogen-bond acceptors (Lipinski definition) is 5. The fraction of sp³-hybridized carbons (Fsp3) is 0.833. The molecule has 0 aromatic heterocycles. The first kappa shape index (κ1) is 15.2. The average Bonchev–Trinajstić information content (AvgIpc) is 2.60. The van der Waals surface area contributed by atoms with E-state index in [1.165, 1.54) is 0 Å². The molecule has 2 aliphatic rings. The van der Waals surface area contributed by atoms with Crippen LogP contribution in [0.3, 0.4) is 0 Å². The maximum absolute atomic E-state index is 12.4. The lowest BCUT2D eigenvalue weighted by Gasteiger charge is -2.31. The number of imide groups is 1. The molecule has 0 aromatic rings. The number of hydrogen-bond donors (Lipinski definition) is 2. The van der Waals surface area contributed by atoms with Gasteiger partial charge in [-0.15, -0.1) is 0 Å². The third-order valence-corrected chi connectivity index (χ3v) is 5.68. The molecule has 2 fully saturated rings. The van der Waals surface area contributed by atoms with E-state index in [4.69, 9.17) is 0 Å². The summed E-state index contributed by atoms with van der Waals surface area (Å²) in [6, 6.07) is -0.469. The fourth-order valence-corrected chi connectivity index (χ4v) is 4.00. The summed E-state index contributed by atoms with van der Waals surface area (Å²) >= 11 is 0. The maximum Gasteiger partial charge on any atom is 0.325 e. The number of piperidine rings is 1. The van der Waals surface area contributed by atoms with Crippen LogP contribution in [0.5, 0.6) is 0 Å². The van der Waals surface area contributed by atoms with Crippen LogP contribution in [0.1, 0.15) is 26.2 Å². The molecule has 0 aliphatic carbocycles. The first-order valence-corrected chi connectivity index (χ1v) is 8.78. The van der Waals surface area contributed by atoms with Crippen LogP contribution in [-0.4, -0.2) is 61.9 Å². The van der Waals surface area contributed by atoms with Crippen molar-refractivity contribution in [2.45, 2.75) is 31.7 Å². The summed E-state index contributed by atoms with van der Waals surface area (Å²) in [5.41, 5.74) is -0.823. The maximum atomic E-state index is 12.4.